The van der Waals surface area contributed by atoms with Crippen molar-refractivity contribution in [3.05, 3.63) is 285 Å². The standard InChI is InChI=1S/3C32H39F6NO3SSi.CH4/c3*1-29(2,3)43(40)39-31(20-21-12-10-9-11-13-21,23-16-24(33)19-25(17-23)41-32(37,38)28(35)36)22-14-15-27(26(34)18-22)42-44(7,8)30(4,5)6;/h3*9-19,28,39H,20H2,1-8H3;1H4/t31?,43-;31-,43+;31-,43-;/m101./s1. The molecule has 9 rings (SSSR count). The molecule has 0 radical (unpaired) electrons. The maximum absolute atomic E-state index is 15.9. The molecule has 12 nitrogen and oxygen atoms in total. The molecule has 0 aliphatic rings. The Morgan fingerprint density at radius 2 is 0.496 bits per heavy atom. The van der Waals surface area contributed by atoms with E-state index in [1.165, 1.54) is 36.4 Å². The third kappa shape index (κ3) is 29.3. The third-order valence-corrected chi connectivity index (χ3v) is 40.8. The van der Waals surface area contributed by atoms with Crippen molar-refractivity contribution in [1.29, 1.82) is 0 Å². The molecule has 0 bridgehead atoms. The van der Waals surface area contributed by atoms with Crippen LogP contribution in [0.5, 0.6) is 34.5 Å². The van der Waals surface area contributed by atoms with Crippen LogP contribution in [-0.4, -0.2) is 89.4 Å². The van der Waals surface area contributed by atoms with Crippen LogP contribution < -0.4 is 41.7 Å². The van der Waals surface area contributed by atoms with Crippen LogP contribution >= 0.6 is 0 Å². The lowest BCUT2D eigenvalue weighted by atomic mass is 9.78. The Morgan fingerprint density at radius 1 is 0.293 bits per heavy atom. The largest absolute Gasteiger partial charge is 0.542 e. The fraction of sp³-hybridized carbons (Fsp3) is 0.443. The van der Waals surface area contributed by atoms with Crippen LogP contribution in [-0.2, 0) is 68.8 Å². The zero-order valence-corrected chi connectivity index (χ0v) is 83.6. The van der Waals surface area contributed by atoms with Crippen molar-refractivity contribution in [3.8, 4) is 34.5 Å². The molecule has 0 aliphatic carbocycles. The number of hydrogen-bond donors (Lipinski definition) is 3. The number of rotatable bonds is 33. The Labute approximate surface area is 780 Å². The smallest absolute Gasteiger partial charge is 0.461 e. The molecule has 0 saturated heterocycles. The second-order valence-electron chi connectivity index (χ2n) is 39.6. The SMILES string of the molecule is C.CC(C)(C)[S@@](=O)NC(Cc1ccccc1)(c1cc(F)cc(OC(F)(F)C(F)F)c1)c1ccc(O[Si](C)(C)C(C)(C)C)c(F)c1.CC(C)(C)[S@@](=O)N[C@@](Cc1ccccc1)(c1cc(F)cc(OC(F)(F)C(F)F)c1)c1ccc(O[Si](C)(C)C(C)(C)C)c(F)c1.CC(C)(C)[S@@](=O)N[C@](Cc1ccccc1)(c1cc(F)cc(OC(F)(F)C(F)F)c1)c1ccc(O[Si](C)(C)C(C)(C)C)c(F)c1. The van der Waals surface area contributed by atoms with Crippen molar-refractivity contribution in [2.45, 2.75) is 274 Å². The van der Waals surface area contributed by atoms with Gasteiger partial charge in [-0.25, -0.2) is 53.1 Å². The number of halogens is 18. The first-order valence-electron chi connectivity index (χ1n) is 41.9. The summed E-state index contributed by atoms with van der Waals surface area (Å²) in [6.45, 7) is 44.9. The van der Waals surface area contributed by atoms with Crippen molar-refractivity contribution in [3.63, 3.8) is 0 Å². The zero-order valence-electron chi connectivity index (χ0n) is 78.1. The Hall–Kier alpha value is -8.50. The molecule has 0 spiro atoms. The second kappa shape index (κ2) is 43.0. The van der Waals surface area contributed by atoms with Crippen molar-refractivity contribution in [2.75, 3.05) is 0 Å². The molecule has 0 fully saturated rings. The molecule has 133 heavy (non-hydrogen) atoms. The molecule has 9 aromatic carbocycles. The van der Waals surface area contributed by atoms with Crippen LogP contribution in [0.1, 0.15) is 182 Å². The fourth-order valence-electron chi connectivity index (χ4n) is 12.3. The summed E-state index contributed by atoms with van der Waals surface area (Å²) in [5, 5.41) is -0.713. The number of nitrogens with one attached hydrogen (secondary N) is 3. The summed E-state index contributed by atoms with van der Waals surface area (Å²) in [5.74, 6) is -8.16. The van der Waals surface area contributed by atoms with Crippen LogP contribution in [0, 0.1) is 34.9 Å². The van der Waals surface area contributed by atoms with Gasteiger partial charge in [-0.2, -0.15) is 52.7 Å². The van der Waals surface area contributed by atoms with E-state index in [0.29, 0.717) is 34.9 Å². The second-order valence-corrected chi connectivity index (χ2v) is 59.7. The molecule has 36 heteroatoms. The molecule has 0 saturated carbocycles. The molecule has 0 heterocycles. The Morgan fingerprint density at radius 3 is 0.669 bits per heavy atom. The summed E-state index contributed by atoms with van der Waals surface area (Å²) in [5.41, 5.74) is -3.08. The zero-order chi connectivity index (χ0) is 99.9. The molecule has 6 atom stereocenters. The number of benzene rings is 9. The summed E-state index contributed by atoms with van der Waals surface area (Å²) in [6, 6.07) is 46.0. The minimum atomic E-state index is -4.91. The van der Waals surface area contributed by atoms with E-state index < -0.39 is 179 Å². The van der Waals surface area contributed by atoms with Crippen LogP contribution in [0.15, 0.2) is 200 Å². The Kier molecular flexibility index (Phi) is 36.6. The van der Waals surface area contributed by atoms with Gasteiger partial charge in [0.15, 0.2) is 17.5 Å². The van der Waals surface area contributed by atoms with Crippen LogP contribution in [0.2, 0.25) is 54.4 Å². The average molecular weight is 2000 g/mol. The Balaban J connectivity index is 0.000000306. The predicted octanol–water partition coefficient (Wildman–Crippen LogP) is 28.0. The van der Waals surface area contributed by atoms with Crippen LogP contribution in [0.3, 0.4) is 0 Å². The van der Waals surface area contributed by atoms with Gasteiger partial charge < -0.3 is 27.5 Å². The molecular formula is C97H121F18N3O9S3Si3. The van der Waals surface area contributed by atoms with Crippen molar-refractivity contribution in [1.82, 2.24) is 14.2 Å². The van der Waals surface area contributed by atoms with E-state index in [4.69, 9.17) is 13.3 Å². The summed E-state index contributed by atoms with van der Waals surface area (Å²) < 4.78 is 333. The number of alkyl halides is 12. The molecule has 734 valence electrons. The lowest BCUT2D eigenvalue weighted by molar-refractivity contribution is -0.253. The first kappa shape index (κ1) is 113. The highest BCUT2D eigenvalue weighted by Crippen LogP contribution is 2.48. The van der Waals surface area contributed by atoms with Crippen molar-refractivity contribution < 1.29 is 119 Å². The van der Waals surface area contributed by atoms with Gasteiger partial charge in [-0.15, -0.1) is 0 Å². The van der Waals surface area contributed by atoms with Gasteiger partial charge in [0.1, 0.15) is 51.9 Å². The molecule has 3 N–H and O–H groups in total. The summed E-state index contributed by atoms with van der Waals surface area (Å²) >= 11 is 0. The van der Waals surface area contributed by atoms with Gasteiger partial charge in [-0.3, -0.25) is 0 Å². The average Bonchev–Trinajstić information content (AvgIpc) is 0.755. The quantitative estimate of drug-likeness (QED) is 0.0271. The van der Waals surface area contributed by atoms with E-state index in [-0.39, 0.29) is 92.4 Å². The lowest BCUT2D eigenvalue weighted by Crippen LogP contribution is -2.50. The van der Waals surface area contributed by atoms with E-state index in [9.17, 15) is 65.3 Å². The maximum atomic E-state index is 15.9. The van der Waals surface area contributed by atoms with Gasteiger partial charge in [-0.05, 0) is 259 Å². The van der Waals surface area contributed by atoms with E-state index in [1.807, 2.05) is 102 Å². The highest BCUT2D eigenvalue weighted by molar-refractivity contribution is 7.85. The minimum absolute atomic E-state index is 0. The van der Waals surface area contributed by atoms with Crippen molar-refractivity contribution in [2.24, 2.45) is 0 Å². The number of hydrogen-bond acceptors (Lipinski definition) is 9. The molecule has 0 amide bonds. The topological polar surface area (TPSA) is 143 Å². The van der Waals surface area contributed by atoms with Gasteiger partial charge in [0.05, 0.1) is 63.8 Å². The maximum Gasteiger partial charge on any atom is 0.461 e. The van der Waals surface area contributed by atoms with Crippen LogP contribution in [0.4, 0.5) is 79.0 Å². The Bertz CT molecular complexity index is 4950. The van der Waals surface area contributed by atoms with Gasteiger partial charge >= 0.3 is 37.6 Å². The first-order valence-corrected chi connectivity index (χ1v) is 54.1. The molecule has 1 unspecified atom stereocenters. The normalized spacial score (nSPS) is 15.0. The van der Waals surface area contributed by atoms with Gasteiger partial charge in [0, 0.05) is 18.2 Å². The van der Waals surface area contributed by atoms with Crippen molar-refractivity contribution >= 4 is 57.9 Å². The van der Waals surface area contributed by atoms with Crippen LogP contribution in [0.25, 0.3) is 0 Å². The summed E-state index contributed by atoms with van der Waals surface area (Å²) in [4.78, 5) is 0. The lowest BCUT2D eigenvalue weighted by Gasteiger charge is -2.39. The van der Waals surface area contributed by atoms with Gasteiger partial charge in [-0.1, -0.05) is 179 Å². The van der Waals surface area contributed by atoms with E-state index >= 15 is 26.3 Å². The van der Waals surface area contributed by atoms with E-state index in [2.05, 4.69) is 28.4 Å². The summed E-state index contributed by atoms with van der Waals surface area (Å²) in [7, 11) is -13.1. The van der Waals surface area contributed by atoms with E-state index in [0.717, 1.165) is 54.6 Å². The fourth-order valence-corrected chi connectivity index (χ4v) is 18.1. The third-order valence-electron chi connectivity index (χ3n) is 22.8. The molecular weight excluding hydrogens is 1870 g/mol. The monoisotopic (exact) mass is 1990 g/mol. The van der Waals surface area contributed by atoms with Gasteiger partial charge in [0.2, 0.25) is 0 Å². The van der Waals surface area contributed by atoms with E-state index in [1.54, 1.807) is 153 Å². The molecule has 9 aromatic rings. The minimum Gasteiger partial charge on any atom is -0.542 e. The first-order chi connectivity index (χ1) is 60.2. The molecule has 0 aromatic heterocycles. The highest BCUT2D eigenvalue weighted by atomic mass is 32.2. The highest BCUT2D eigenvalue weighted by Gasteiger charge is 2.51. The summed E-state index contributed by atoms with van der Waals surface area (Å²) in [6.07, 6.45) is -27.5. The predicted molar refractivity (Wildman–Crippen MR) is 499 cm³/mol. The molecule has 0 aliphatic heterocycles. The number of ether oxygens (including phenoxy) is 3. The van der Waals surface area contributed by atoms with Gasteiger partial charge in [0.25, 0.3) is 25.0 Å².